The average molecular weight is 438 g/mol. The van der Waals surface area contributed by atoms with Gasteiger partial charge in [-0.1, -0.05) is 45.4 Å². The van der Waals surface area contributed by atoms with Gasteiger partial charge in [0.1, 0.15) is 5.69 Å². The lowest BCUT2D eigenvalue weighted by molar-refractivity contribution is -0.0601. The van der Waals surface area contributed by atoms with E-state index in [0.29, 0.717) is 13.0 Å². The zero-order valence-electron chi connectivity index (χ0n) is 18.7. The van der Waals surface area contributed by atoms with Crippen LogP contribution in [0.4, 0.5) is 27.6 Å². The van der Waals surface area contributed by atoms with Crippen LogP contribution in [0.15, 0.2) is 0 Å². The summed E-state index contributed by atoms with van der Waals surface area (Å²) in [6.07, 6.45) is 9.35. The van der Waals surface area contributed by atoms with Gasteiger partial charge < -0.3 is 10.1 Å². The van der Waals surface area contributed by atoms with Gasteiger partial charge in [-0.25, -0.2) is 22.0 Å². The molecule has 0 amide bonds. The quantitative estimate of drug-likeness (QED) is 0.131. The lowest BCUT2D eigenvalue weighted by Crippen LogP contribution is -2.35. The van der Waals surface area contributed by atoms with Crippen LogP contribution >= 0.6 is 0 Å². The Morgan fingerprint density at radius 3 is 1.80 bits per heavy atom. The molecule has 1 atom stereocenters. The van der Waals surface area contributed by atoms with Crippen LogP contribution < -0.4 is 5.32 Å². The molecule has 0 aliphatic rings. The maximum Gasteiger partial charge on any atom is 0.200 e. The summed E-state index contributed by atoms with van der Waals surface area (Å²) in [7, 11) is 0. The second kappa shape index (κ2) is 13.1. The predicted octanol–water partition coefficient (Wildman–Crippen LogP) is 7.76. The molecule has 30 heavy (non-hydrogen) atoms. The first-order chi connectivity index (χ1) is 14.2. The van der Waals surface area contributed by atoms with Crippen LogP contribution in [0.25, 0.3) is 0 Å². The molecule has 0 heterocycles. The summed E-state index contributed by atoms with van der Waals surface area (Å²) in [4.78, 5) is 0. The van der Waals surface area contributed by atoms with Crippen LogP contribution in [0.5, 0.6) is 0 Å². The third-order valence-corrected chi connectivity index (χ3v) is 5.65. The van der Waals surface area contributed by atoms with Crippen molar-refractivity contribution in [2.45, 2.75) is 91.1 Å². The summed E-state index contributed by atoms with van der Waals surface area (Å²) >= 11 is 0. The molecule has 0 bridgehead atoms. The van der Waals surface area contributed by atoms with Crippen molar-refractivity contribution >= 4 is 5.69 Å². The lowest BCUT2D eigenvalue weighted by Gasteiger charge is -2.34. The number of rotatable bonds is 15. The minimum atomic E-state index is -2.15. The molecule has 0 aliphatic heterocycles. The molecular formula is C23H36F5NO. The molecule has 1 unspecified atom stereocenters. The van der Waals surface area contributed by atoms with E-state index in [2.05, 4.69) is 12.2 Å². The Hall–Kier alpha value is -1.37. The Bertz CT molecular complexity index is 622. The van der Waals surface area contributed by atoms with Gasteiger partial charge in [-0.3, -0.25) is 0 Å². The van der Waals surface area contributed by atoms with Crippen molar-refractivity contribution in [3.63, 3.8) is 0 Å². The standard InChI is InChI=1S/C23H36F5NO/c1-5-7-8-9-10-11-13-16(23(3,4)30-6-2)14-12-15-29-22-20(27)18(25)17(24)19(26)21(22)28/h16,29H,5-15H2,1-4H3. The van der Waals surface area contributed by atoms with E-state index >= 15 is 0 Å². The number of nitrogens with one attached hydrogen (secondary N) is 1. The smallest absolute Gasteiger partial charge is 0.200 e. The first-order valence-corrected chi connectivity index (χ1v) is 11.1. The van der Waals surface area contributed by atoms with Gasteiger partial charge in [0.15, 0.2) is 23.3 Å². The fraction of sp³-hybridized carbons (Fsp3) is 0.739. The largest absolute Gasteiger partial charge is 0.380 e. The first kappa shape index (κ1) is 26.7. The molecule has 1 N–H and O–H groups in total. The zero-order chi connectivity index (χ0) is 22.7. The number of anilines is 1. The molecular weight excluding hydrogens is 401 g/mol. The molecule has 0 saturated heterocycles. The molecule has 0 saturated carbocycles. The Kier molecular flexibility index (Phi) is 11.7. The Morgan fingerprint density at radius 1 is 0.733 bits per heavy atom. The van der Waals surface area contributed by atoms with Crippen molar-refractivity contribution in [3.05, 3.63) is 29.1 Å². The topological polar surface area (TPSA) is 21.3 Å². The van der Waals surface area contributed by atoms with E-state index in [9.17, 15) is 22.0 Å². The van der Waals surface area contributed by atoms with Gasteiger partial charge in [0.2, 0.25) is 5.82 Å². The summed E-state index contributed by atoms with van der Waals surface area (Å²) in [6.45, 7) is 8.89. The van der Waals surface area contributed by atoms with Gasteiger partial charge in [0.05, 0.1) is 5.60 Å². The molecule has 2 nitrogen and oxygen atoms in total. The highest BCUT2D eigenvalue weighted by atomic mass is 19.2. The van der Waals surface area contributed by atoms with Crippen molar-refractivity contribution in [2.24, 2.45) is 5.92 Å². The van der Waals surface area contributed by atoms with Crippen LogP contribution in [0.3, 0.4) is 0 Å². The average Bonchev–Trinajstić information content (AvgIpc) is 2.70. The van der Waals surface area contributed by atoms with Crippen LogP contribution in [0.1, 0.15) is 85.5 Å². The fourth-order valence-electron chi connectivity index (χ4n) is 3.82. The van der Waals surface area contributed by atoms with E-state index < -0.39 is 34.8 Å². The van der Waals surface area contributed by atoms with Crippen molar-refractivity contribution < 1.29 is 26.7 Å². The monoisotopic (exact) mass is 437 g/mol. The van der Waals surface area contributed by atoms with Gasteiger partial charge in [-0.05, 0) is 46.0 Å². The van der Waals surface area contributed by atoms with Crippen molar-refractivity contribution in [3.8, 4) is 0 Å². The zero-order valence-corrected chi connectivity index (χ0v) is 18.7. The number of hydrogen-bond acceptors (Lipinski definition) is 2. The third-order valence-electron chi connectivity index (χ3n) is 5.65. The highest BCUT2D eigenvalue weighted by molar-refractivity contribution is 5.47. The lowest BCUT2D eigenvalue weighted by atomic mass is 9.82. The summed E-state index contributed by atoms with van der Waals surface area (Å²) < 4.78 is 73.2. The molecule has 0 radical (unpaired) electrons. The van der Waals surface area contributed by atoms with Crippen LogP contribution in [0.2, 0.25) is 0 Å². The SMILES string of the molecule is CCCCCCCCC(CCCNc1c(F)c(F)c(F)c(F)c1F)C(C)(C)OCC. The molecule has 1 aromatic carbocycles. The number of halogens is 5. The first-order valence-electron chi connectivity index (χ1n) is 11.1. The minimum Gasteiger partial charge on any atom is -0.380 e. The summed E-state index contributed by atoms with van der Waals surface area (Å²) in [5.41, 5.74) is -1.31. The van der Waals surface area contributed by atoms with E-state index in [4.69, 9.17) is 4.74 Å². The Balaban J connectivity index is 2.63. The van der Waals surface area contributed by atoms with Crippen molar-refractivity contribution in [2.75, 3.05) is 18.5 Å². The second-order valence-corrected chi connectivity index (χ2v) is 8.30. The summed E-state index contributed by atoms with van der Waals surface area (Å²) in [5, 5.41) is 2.38. The molecule has 174 valence electrons. The van der Waals surface area contributed by atoms with Crippen LogP contribution in [-0.2, 0) is 4.74 Å². The molecule has 0 aromatic heterocycles. The summed E-state index contributed by atoms with van der Waals surface area (Å²) in [6, 6.07) is 0. The molecule has 0 aliphatic carbocycles. The van der Waals surface area contributed by atoms with Gasteiger partial charge in [0, 0.05) is 13.2 Å². The predicted molar refractivity (Wildman–Crippen MR) is 111 cm³/mol. The normalized spacial score (nSPS) is 13.0. The fourth-order valence-corrected chi connectivity index (χ4v) is 3.82. The number of hydrogen-bond donors (Lipinski definition) is 1. The highest BCUT2D eigenvalue weighted by Crippen LogP contribution is 2.31. The van der Waals surface area contributed by atoms with E-state index in [1.165, 1.54) is 25.7 Å². The van der Waals surface area contributed by atoms with E-state index in [-0.39, 0.29) is 18.1 Å². The van der Waals surface area contributed by atoms with Crippen molar-refractivity contribution in [1.29, 1.82) is 0 Å². The van der Waals surface area contributed by atoms with Gasteiger partial charge in [-0.2, -0.15) is 0 Å². The highest BCUT2D eigenvalue weighted by Gasteiger charge is 2.29. The Morgan fingerprint density at radius 2 is 1.23 bits per heavy atom. The van der Waals surface area contributed by atoms with E-state index in [0.717, 1.165) is 25.7 Å². The molecule has 7 heteroatoms. The van der Waals surface area contributed by atoms with Crippen LogP contribution in [-0.4, -0.2) is 18.8 Å². The Labute approximate surface area is 177 Å². The van der Waals surface area contributed by atoms with E-state index in [1.54, 1.807) is 0 Å². The molecule has 0 spiro atoms. The number of ether oxygens (including phenoxy) is 1. The number of unbranched alkanes of at least 4 members (excludes halogenated alkanes) is 5. The molecule has 1 aromatic rings. The maximum atomic E-state index is 13.8. The van der Waals surface area contributed by atoms with E-state index in [1.807, 2.05) is 20.8 Å². The molecule has 0 fully saturated rings. The van der Waals surface area contributed by atoms with Gasteiger partial charge in [0.25, 0.3) is 0 Å². The maximum absolute atomic E-state index is 13.8. The van der Waals surface area contributed by atoms with Gasteiger partial charge >= 0.3 is 0 Å². The molecule has 1 rings (SSSR count). The number of benzene rings is 1. The van der Waals surface area contributed by atoms with Crippen molar-refractivity contribution in [1.82, 2.24) is 0 Å². The third kappa shape index (κ3) is 7.71. The van der Waals surface area contributed by atoms with Crippen LogP contribution in [0, 0.1) is 35.0 Å². The minimum absolute atomic E-state index is 0.105. The summed E-state index contributed by atoms with van der Waals surface area (Å²) in [5.74, 6) is -9.44. The van der Waals surface area contributed by atoms with Gasteiger partial charge in [-0.15, -0.1) is 0 Å². The second-order valence-electron chi connectivity index (χ2n) is 8.30.